The monoisotopic (exact) mass is 447 g/mol. The predicted molar refractivity (Wildman–Crippen MR) is 119 cm³/mol. The molecular formula is C23H21N5O3S. The van der Waals surface area contributed by atoms with Crippen LogP contribution in [0.5, 0.6) is 5.75 Å². The second-order valence-electron chi connectivity index (χ2n) is 7.38. The molecule has 1 amide bonds. The Labute approximate surface area is 189 Å². The minimum absolute atomic E-state index is 0.0497. The van der Waals surface area contributed by atoms with Crippen LogP contribution in [-0.4, -0.2) is 44.1 Å². The second kappa shape index (κ2) is 9.27. The summed E-state index contributed by atoms with van der Waals surface area (Å²) >= 11 is 1.35. The highest BCUT2D eigenvalue weighted by atomic mass is 32.2. The molecule has 0 unspecified atom stereocenters. The zero-order valence-corrected chi connectivity index (χ0v) is 18.0. The van der Waals surface area contributed by atoms with Gasteiger partial charge in [-0.25, -0.2) is 0 Å². The summed E-state index contributed by atoms with van der Waals surface area (Å²) in [5.41, 5.74) is 2.00. The van der Waals surface area contributed by atoms with Crippen molar-refractivity contribution in [2.45, 2.75) is 24.2 Å². The zero-order chi connectivity index (χ0) is 21.8. The number of nitrogens with zero attached hydrogens (tertiary/aromatic N) is 4. The molecule has 1 atom stereocenters. The lowest BCUT2D eigenvalue weighted by molar-refractivity contribution is -0.119. The molecule has 32 heavy (non-hydrogen) atoms. The number of nitrogens with one attached hydrogen (secondary N) is 1. The van der Waals surface area contributed by atoms with E-state index in [1.54, 1.807) is 18.7 Å². The maximum Gasteiger partial charge on any atom is 0.230 e. The Kier molecular flexibility index (Phi) is 5.89. The van der Waals surface area contributed by atoms with Crippen molar-refractivity contribution < 1.29 is 13.9 Å². The first-order chi connectivity index (χ1) is 15.8. The Hall–Kier alpha value is -3.59. The van der Waals surface area contributed by atoms with E-state index in [9.17, 15) is 4.79 Å². The fraction of sp³-hybridized carbons (Fsp3) is 0.217. The highest BCUT2D eigenvalue weighted by molar-refractivity contribution is 7.99. The van der Waals surface area contributed by atoms with Crippen molar-refractivity contribution in [3.8, 4) is 17.1 Å². The number of carbonyl (C=O) groups is 1. The lowest BCUT2D eigenvalue weighted by Crippen LogP contribution is -2.43. The number of furan rings is 1. The number of ether oxygens (including phenoxy) is 1. The van der Waals surface area contributed by atoms with Crippen LogP contribution in [0.15, 0.2) is 76.8 Å². The van der Waals surface area contributed by atoms with E-state index in [0.29, 0.717) is 24.1 Å². The van der Waals surface area contributed by atoms with E-state index in [1.807, 2.05) is 53.1 Å². The van der Waals surface area contributed by atoms with Gasteiger partial charge in [0.2, 0.25) is 5.91 Å². The lowest BCUT2D eigenvalue weighted by Gasteiger charge is -2.25. The van der Waals surface area contributed by atoms with Crippen molar-refractivity contribution >= 4 is 17.7 Å². The molecule has 162 valence electrons. The normalized spacial score (nSPS) is 15.1. The molecule has 9 heteroatoms. The van der Waals surface area contributed by atoms with Crippen LogP contribution in [0.4, 0.5) is 0 Å². The fourth-order valence-electron chi connectivity index (χ4n) is 3.63. The van der Waals surface area contributed by atoms with E-state index >= 15 is 0 Å². The predicted octanol–water partition coefficient (Wildman–Crippen LogP) is 3.19. The minimum Gasteiger partial charge on any atom is -0.491 e. The number of thioether (sulfide) groups is 1. The number of benzene rings is 1. The summed E-state index contributed by atoms with van der Waals surface area (Å²) in [4.78, 5) is 16.7. The van der Waals surface area contributed by atoms with Gasteiger partial charge < -0.3 is 14.5 Å². The molecule has 8 nitrogen and oxygen atoms in total. The van der Waals surface area contributed by atoms with E-state index in [4.69, 9.17) is 9.15 Å². The average Bonchev–Trinajstić information content (AvgIpc) is 3.49. The van der Waals surface area contributed by atoms with Crippen LogP contribution in [0, 0.1) is 0 Å². The molecule has 1 N–H and O–H groups in total. The van der Waals surface area contributed by atoms with Gasteiger partial charge in [-0.1, -0.05) is 30.0 Å². The van der Waals surface area contributed by atoms with Gasteiger partial charge in [-0.15, -0.1) is 10.2 Å². The van der Waals surface area contributed by atoms with E-state index in [0.717, 1.165) is 29.1 Å². The summed E-state index contributed by atoms with van der Waals surface area (Å²) in [7, 11) is 0. The number of para-hydroxylation sites is 1. The van der Waals surface area contributed by atoms with Crippen molar-refractivity contribution in [3.63, 3.8) is 0 Å². The fourth-order valence-corrected chi connectivity index (χ4v) is 4.38. The van der Waals surface area contributed by atoms with Gasteiger partial charge in [0.25, 0.3) is 0 Å². The van der Waals surface area contributed by atoms with Gasteiger partial charge in [-0.05, 0) is 42.3 Å². The molecule has 0 bridgehead atoms. The maximum atomic E-state index is 12.6. The highest BCUT2D eigenvalue weighted by Crippen LogP contribution is 2.26. The molecule has 1 aromatic carbocycles. The Morgan fingerprint density at radius 3 is 2.84 bits per heavy atom. The van der Waals surface area contributed by atoms with Crippen LogP contribution < -0.4 is 10.1 Å². The molecule has 0 fully saturated rings. The average molecular weight is 448 g/mol. The van der Waals surface area contributed by atoms with Crippen LogP contribution in [0.3, 0.4) is 0 Å². The quantitative estimate of drug-likeness (QED) is 0.435. The minimum atomic E-state index is -0.0685. The van der Waals surface area contributed by atoms with E-state index < -0.39 is 0 Å². The Balaban J connectivity index is 1.27. The molecule has 0 saturated heterocycles. The molecule has 0 spiro atoms. The SMILES string of the molecule is O=C(CSc1nnc(-c2ccncc2)n1Cc1ccco1)N[C@@H]1COc2ccccc2C1. The molecule has 0 aliphatic carbocycles. The number of fused-ring (bicyclic) bond motifs is 1. The van der Waals surface area contributed by atoms with Gasteiger partial charge in [0.1, 0.15) is 18.1 Å². The molecule has 1 aliphatic rings. The summed E-state index contributed by atoms with van der Waals surface area (Å²) in [5, 5.41) is 12.4. The maximum absolute atomic E-state index is 12.6. The summed E-state index contributed by atoms with van der Waals surface area (Å²) in [6.45, 7) is 0.934. The van der Waals surface area contributed by atoms with Crippen molar-refractivity contribution in [2.24, 2.45) is 0 Å². The second-order valence-corrected chi connectivity index (χ2v) is 8.33. The molecular weight excluding hydrogens is 426 g/mol. The van der Waals surface area contributed by atoms with Crippen molar-refractivity contribution in [1.29, 1.82) is 0 Å². The largest absolute Gasteiger partial charge is 0.491 e. The summed E-state index contributed by atoms with van der Waals surface area (Å²) < 4.78 is 13.2. The van der Waals surface area contributed by atoms with Crippen LogP contribution in [0.25, 0.3) is 11.4 Å². The van der Waals surface area contributed by atoms with Gasteiger partial charge in [0.15, 0.2) is 11.0 Å². The number of carbonyl (C=O) groups excluding carboxylic acids is 1. The third-order valence-corrected chi connectivity index (χ3v) is 6.09. The highest BCUT2D eigenvalue weighted by Gasteiger charge is 2.22. The Morgan fingerprint density at radius 2 is 2.00 bits per heavy atom. The number of pyridine rings is 1. The summed E-state index contributed by atoms with van der Waals surface area (Å²) in [6, 6.07) is 15.4. The number of amides is 1. The van der Waals surface area contributed by atoms with Crippen molar-refractivity contribution in [3.05, 3.63) is 78.5 Å². The van der Waals surface area contributed by atoms with Gasteiger partial charge in [0, 0.05) is 18.0 Å². The molecule has 5 rings (SSSR count). The van der Waals surface area contributed by atoms with Crippen LogP contribution >= 0.6 is 11.8 Å². The van der Waals surface area contributed by atoms with Crippen LogP contribution in [-0.2, 0) is 17.8 Å². The number of rotatable bonds is 7. The Morgan fingerprint density at radius 1 is 1.12 bits per heavy atom. The van der Waals surface area contributed by atoms with Gasteiger partial charge in [-0.2, -0.15) is 0 Å². The van der Waals surface area contributed by atoms with Crippen LogP contribution in [0.1, 0.15) is 11.3 Å². The molecule has 4 aromatic rings. The number of hydrogen-bond donors (Lipinski definition) is 1. The van der Waals surface area contributed by atoms with Gasteiger partial charge in [-0.3, -0.25) is 14.3 Å². The smallest absolute Gasteiger partial charge is 0.230 e. The lowest BCUT2D eigenvalue weighted by atomic mass is 10.0. The third kappa shape index (κ3) is 4.52. The first-order valence-corrected chi connectivity index (χ1v) is 11.2. The number of aromatic nitrogens is 4. The topological polar surface area (TPSA) is 95.1 Å². The van der Waals surface area contributed by atoms with Crippen molar-refractivity contribution in [1.82, 2.24) is 25.1 Å². The molecule has 0 radical (unpaired) electrons. The molecule has 4 heterocycles. The van der Waals surface area contributed by atoms with E-state index in [2.05, 4.69) is 20.5 Å². The van der Waals surface area contributed by atoms with Crippen LogP contribution in [0.2, 0.25) is 0 Å². The molecule has 3 aromatic heterocycles. The first kappa shape index (κ1) is 20.3. The molecule has 1 aliphatic heterocycles. The molecule has 0 saturated carbocycles. The van der Waals surface area contributed by atoms with E-state index in [1.165, 1.54) is 11.8 Å². The summed E-state index contributed by atoms with van der Waals surface area (Å²) in [6.07, 6.45) is 5.82. The zero-order valence-electron chi connectivity index (χ0n) is 17.2. The van der Waals surface area contributed by atoms with E-state index in [-0.39, 0.29) is 17.7 Å². The summed E-state index contributed by atoms with van der Waals surface area (Å²) in [5.74, 6) is 2.53. The standard InChI is InChI=1S/C23H21N5O3S/c29-21(25-18-12-17-4-1-2-6-20(17)31-14-18)15-32-23-27-26-22(16-7-9-24-10-8-16)28(23)13-19-5-3-11-30-19/h1-11,18H,12-15H2,(H,25,29)/t18-/m0/s1. The van der Waals surface area contributed by atoms with Gasteiger partial charge >= 0.3 is 0 Å². The number of hydrogen-bond acceptors (Lipinski definition) is 7. The third-order valence-electron chi connectivity index (χ3n) is 5.13. The Bertz CT molecular complexity index is 1190. The van der Waals surface area contributed by atoms with Gasteiger partial charge in [0.05, 0.1) is 24.6 Å². The first-order valence-electron chi connectivity index (χ1n) is 10.2. The van der Waals surface area contributed by atoms with Crippen molar-refractivity contribution in [2.75, 3.05) is 12.4 Å².